The Hall–Kier alpha value is -2.30. The number of aromatic amines is 1. The van der Waals surface area contributed by atoms with Gasteiger partial charge in [0, 0.05) is 17.7 Å². The molecule has 0 bridgehead atoms. The molecule has 0 amide bonds. The second-order valence-corrected chi connectivity index (χ2v) is 4.22. The van der Waals surface area contributed by atoms with Crippen LogP contribution in [0.15, 0.2) is 24.3 Å². The predicted octanol–water partition coefficient (Wildman–Crippen LogP) is 1.98. The van der Waals surface area contributed by atoms with Crippen LogP contribution in [0.2, 0.25) is 0 Å². The number of benzene rings is 1. The largest absolute Gasteiger partial charge is 0.481 e. The van der Waals surface area contributed by atoms with Crippen molar-refractivity contribution in [2.75, 3.05) is 5.73 Å². The summed E-state index contributed by atoms with van der Waals surface area (Å²) < 4.78 is 0. The average molecular weight is 245 g/mol. The van der Waals surface area contributed by atoms with Crippen LogP contribution in [-0.2, 0) is 11.2 Å². The zero-order chi connectivity index (χ0) is 13.1. The molecule has 0 saturated carbocycles. The first-order chi connectivity index (χ1) is 8.58. The molecule has 1 aromatic heterocycles. The van der Waals surface area contributed by atoms with Gasteiger partial charge in [-0.15, -0.1) is 0 Å². The molecule has 18 heavy (non-hydrogen) atoms. The molecular formula is C13H15N3O2. The molecule has 0 fully saturated rings. The number of carboxylic acid groups (broad SMARTS) is 1. The summed E-state index contributed by atoms with van der Waals surface area (Å²) in [6.07, 6.45) is 0.448. The number of nitrogens with one attached hydrogen (secondary N) is 1. The van der Waals surface area contributed by atoms with Gasteiger partial charge in [-0.25, -0.2) is 0 Å². The molecule has 0 spiro atoms. The Morgan fingerprint density at radius 2 is 2.06 bits per heavy atom. The molecule has 0 aliphatic heterocycles. The van der Waals surface area contributed by atoms with Crippen LogP contribution in [0.3, 0.4) is 0 Å². The van der Waals surface area contributed by atoms with Gasteiger partial charge in [-0.1, -0.05) is 29.8 Å². The van der Waals surface area contributed by atoms with Crippen molar-refractivity contribution in [3.8, 4) is 11.1 Å². The van der Waals surface area contributed by atoms with E-state index in [1.54, 1.807) is 0 Å². The van der Waals surface area contributed by atoms with E-state index >= 15 is 0 Å². The fourth-order valence-electron chi connectivity index (χ4n) is 1.85. The van der Waals surface area contributed by atoms with E-state index in [0.717, 1.165) is 22.4 Å². The van der Waals surface area contributed by atoms with Crippen molar-refractivity contribution in [3.05, 3.63) is 35.5 Å². The van der Waals surface area contributed by atoms with Gasteiger partial charge in [0.1, 0.15) is 0 Å². The van der Waals surface area contributed by atoms with Crippen molar-refractivity contribution >= 4 is 11.8 Å². The molecule has 0 aliphatic rings. The average Bonchev–Trinajstić information content (AvgIpc) is 2.69. The quantitative estimate of drug-likeness (QED) is 0.768. The highest BCUT2D eigenvalue weighted by Crippen LogP contribution is 2.28. The lowest BCUT2D eigenvalue weighted by molar-refractivity contribution is -0.136. The number of hydrogen-bond acceptors (Lipinski definition) is 3. The Balaban J connectivity index is 2.34. The topological polar surface area (TPSA) is 92.0 Å². The molecule has 5 heteroatoms. The summed E-state index contributed by atoms with van der Waals surface area (Å²) in [5.74, 6) is -0.433. The molecule has 5 nitrogen and oxygen atoms in total. The fourth-order valence-corrected chi connectivity index (χ4v) is 1.85. The molecule has 1 heterocycles. The molecule has 0 saturated heterocycles. The Morgan fingerprint density at radius 3 is 2.67 bits per heavy atom. The van der Waals surface area contributed by atoms with Crippen molar-refractivity contribution in [2.45, 2.75) is 19.8 Å². The van der Waals surface area contributed by atoms with Crippen LogP contribution in [0.4, 0.5) is 5.82 Å². The van der Waals surface area contributed by atoms with Crippen LogP contribution in [0, 0.1) is 6.92 Å². The van der Waals surface area contributed by atoms with Crippen LogP contribution >= 0.6 is 0 Å². The minimum Gasteiger partial charge on any atom is -0.481 e. The molecular weight excluding hydrogens is 230 g/mol. The number of rotatable bonds is 4. The zero-order valence-corrected chi connectivity index (χ0v) is 10.1. The molecule has 2 rings (SSSR count). The van der Waals surface area contributed by atoms with E-state index in [4.69, 9.17) is 10.8 Å². The predicted molar refractivity (Wildman–Crippen MR) is 69.1 cm³/mol. The third kappa shape index (κ3) is 2.51. The highest BCUT2D eigenvalue weighted by atomic mass is 16.4. The highest BCUT2D eigenvalue weighted by Gasteiger charge is 2.13. The molecule has 0 unspecified atom stereocenters. The number of anilines is 1. The minimum atomic E-state index is -0.835. The Kier molecular flexibility index (Phi) is 3.32. The van der Waals surface area contributed by atoms with Crippen LogP contribution in [0.1, 0.15) is 17.7 Å². The monoisotopic (exact) mass is 245 g/mol. The molecule has 0 radical (unpaired) electrons. The van der Waals surface area contributed by atoms with E-state index in [0.29, 0.717) is 12.2 Å². The number of nitrogens with zero attached hydrogens (tertiary/aromatic N) is 1. The lowest BCUT2D eigenvalue weighted by Crippen LogP contribution is -1.99. The van der Waals surface area contributed by atoms with Crippen molar-refractivity contribution in [2.24, 2.45) is 0 Å². The number of carbonyl (C=O) groups is 1. The van der Waals surface area contributed by atoms with Crippen molar-refractivity contribution < 1.29 is 9.90 Å². The van der Waals surface area contributed by atoms with Gasteiger partial charge in [0.25, 0.3) is 0 Å². The van der Waals surface area contributed by atoms with E-state index in [1.165, 1.54) is 0 Å². The molecule has 4 N–H and O–H groups in total. The first kappa shape index (κ1) is 12.2. The summed E-state index contributed by atoms with van der Waals surface area (Å²) in [5.41, 5.74) is 9.50. The number of nitrogens with two attached hydrogens (primary N) is 1. The van der Waals surface area contributed by atoms with E-state index in [1.807, 2.05) is 31.2 Å². The lowest BCUT2D eigenvalue weighted by atomic mass is 10.0. The summed E-state index contributed by atoms with van der Waals surface area (Å²) in [7, 11) is 0. The van der Waals surface area contributed by atoms with Gasteiger partial charge in [0.15, 0.2) is 5.82 Å². The second kappa shape index (κ2) is 4.91. The van der Waals surface area contributed by atoms with Crippen molar-refractivity contribution in [1.29, 1.82) is 0 Å². The first-order valence-electron chi connectivity index (χ1n) is 5.69. The van der Waals surface area contributed by atoms with Crippen molar-refractivity contribution in [1.82, 2.24) is 10.2 Å². The van der Waals surface area contributed by atoms with Gasteiger partial charge in [-0.05, 0) is 12.5 Å². The van der Waals surface area contributed by atoms with Gasteiger partial charge in [-0.2, -0.15) is 5.10 Å². The number of hydrogen-bond donors (Lipinski definition) is 3. The SMILES string of the molecule is Cc1ccc(-c2c(N)n[nH]c2CCC(=O)O)cc1. The maximum atomic E-state index is 10.6. The first-order valence-corrected chi connectivity index (χ1v) is 5.69. The fraction of sp³-hybridized carbons (Fsp3) is 0.231. The lowest BCUT2D eigenvalue weighted by Gasteiger charge is -2.04. The summed E-state index contributed by atoms with van der Waals surface area (Å²) in [5, 5.41) is 15.5. The normalized spacial score (nSPS) is 10.5. The Labute approximate surface area is 105 Å². The van der Waals surface area contributed by atoms with Crippen molar-refractivity contribution in [3.63, 3.8) is 0 Å². The second-order valence-electron chi connectivity index (χ2n) is 4.22. The van der Waals surface area contributed by atoms with Crippen LogP contribution in [0.5, 0.6) is 0 Å². The van der Waals surface area contributed by atoms with Crippen LogP contribution in [-0.4, -0.2) is 21.3 Å². The molecule has 2 aromatic rings. The summed E-state index contributed by atoms with van der Waals surface area (Å²) in [6, 6.07) is 7.90. The van der Waals surface area contributed by atoms with Crippen LogP contribution < -0.4 is 5.73 Å². The Bertz CT molecular complexity index is 558. The maximum absolute atomic E-state index is 10.6. The number of carboxylic acids is 1. The number of nitrogen functional groups attached to an aromatic ring is 1. The maximum Gasteiger partial charge on any atom is 0.303 e. The van der Waals surface area contributed by atoms with Gasteiger partial charge in [0.05, 0.1) is 6.42 Å². The van der Waals surface area contributed by atoms with E-state index in [9.17, 15) is 4.79 Å². The van der Waals surface area contributed by atoms with E-state index in [2.05, 4.69) is 10.2 Å². The third-order valence-corrected chi connectivity index (χ3v) is 2.80. The van der Waals surface area contributed by atoms with Gasteiger partial charge in [0.2, 0.25) is 0 Å². The van der Waals surface area contributed by atoms with Gasteiger partial charge in [-0.3, -0.25) is 9.89 Å². The Morgan fingerprint density at radius 1 is 1.39 bits per heavy atom. The smallest absolute Gasteiger partial charge is 0.303 e. The van der Waals surface area contributed by atoms with E-state index in [-0.39, 0.29) is 6.42 Å². The zero-order valence-electron chi connectivity index (χ0n) is 10.1. The molecule has 94 valence electrons. The number of aromatic nitrogens is 2. The number of H-pyrrole nitrogens is 1. The molecule has 0 atom stereocenters. The minimum absolute atomic E-state index is 0.0560. The summed E-state index contributed by atoms with van der Waals surface area (Å²) >= 11 is 0. The molecule has 1 aromatic carbocycles. The number of aliphatic carboxylic acids is 1. The number of aryl methyl sites for hydroxylation is 2. The third-order valence-electron chi connectivity index (χ3n) is 2.80. The van der Waals surface area contributed by atoms with E-state index < -0.39 is 5.97 Å². The molecule has 0 aliphatic carbocycles. The van der Waals surface area contributed by atoms with Gasteiger partial charge < -0.3 is 10.8 Å². The summed E-state index contributed by atoms with van der Waals surface area (Å²) in [6.45, 7) is 2.01. The van der Waals surface area contributed by atoms with Gasteiger partial charge >= 0.3 is 5.97 Å². The summed E-state index contributed by atoms with van der Waals surface area (Å²) in [4.78, 5) is 10.6. The van der Waals surface area contributed by atoms with Crippen LogP contribution in [0.25, 0.3) is 11.1 Å². The standard InChI is InChI=1S/C13H15N3O2/c1-8-2-4-9(5-3-8)12-10(6-7-11(17)18)15-16-13(12)14/h2-5H,6-7H2,1H3,(H,17,18)(H3,14,15,16). The highest BCUT2D eigenvalue weighted by molar-refractivity contribution is 5.77.